The van der Waals surface area contributed by atoms with Crippen LogP contribution in [0.3, 0.4) is 0 Å². The average molecular weight is 375 g/mol. The van der Waals surface area contributed by atoms with Gasteiger partial charge in [0, 0.05) is 0 Å². The van der Waals surface area contributed by atoms with Gasteiger partial charge in [-0.1, -0.05) is 17.8 Å². The Balaban J connectivity index is 1.76. The number of rotatable bonds is 5. The number of nitrogens with two attached hydrogens (primary N) is 1. The van der Waals surface area contributed by atoms with Gasteiger partial charge < -0.3 is 15.2 Å². The molecule has 0 saturated heterocycles. The number of carbonyl (C=O) groups excluding carboxylic acids is 1. The molecule has 0 aliphatic carbocycles. The zero-order valence-electron chi connectivity index (χ0n) is 12.9. The van der Waals surface area contributed by atoms with Crippen LogP contribution in [0, 0.1) is 0 Å². The second-order valence-corrected chi connectivity index (χ2v) is 7.22. The second kappa shape index (κ2) is 6.41. The number of thiophene rings is 1. The number of benzene rings is 1. The summed E-state index contributed by atoms with van der Waals surface area (Å²) >= 11 is 2.51. The lowest BCUT2D eigenvalue weighted by molar-refractivity contribution is -0.115. The molecule has 7 nitrogen and oxygen atoms in total. The second-order valence-electron chi connectivity index (χ2n) is 5.36. The zero-order valence-corrected chi connectivity index (χ0v) is 14.6. The SMILES string of the molecule is NC(=O)CSc1nc2ccsc2c(=O)n1Cc1ccc2c(c1)OCO2. The number of aromatic nitrogens is 2. The van der Waals surface area contributed by atoms with Crippen molar-refractivity contribution in [3.63, 3.8) is 0 Å². The fourth-order valence-electron chi connectivity index (χ4n) is 2.53. The van der Waals surface area contributed by atoms with Crippen molar-refractivity contribution in [2.75, 3.05) is 12.5 Å². The standard InChI is InChI=1S/C16H13N3O4S2/c17-13(20)7-25-16-18-10-3-4-24-14(10)15(21)19(16)6-9-1-2-11-12(5-9)23-8-22-11/h1-5H,6-8H2,(H2,17,20). The molecule has 9 heteroatoms. The summed E-state index contributed by atoms with van der Waals surface area (Å²) in [6.07, 6.45) is 0. The summed E-state index contributed by atoms with van der Waals surface area (Å²) < 4.78 is 12.8. The number of ether oxygens (including phenoxy) is 2. The van der Waals surface area contributed by atoms with E-state index in [0.717, 1.165) is 17.3 Å². The molecule has 0 spiro atoms. The van der Waals surface area contributed by atoms with Crippen molar-refractivity contribution >= 4 is 39.2 Å². The summed E-state index contributed by atoms with van der Waals surface area (Å²) in [4.78, 5) is 28.5. The molecule has 0 unspecified atom stereocenters. The maximum atomic E-state index is 12.8. The third-order valence-electron chi connectivity index (χ3n) is 3.65. The van der Waals surface area contributed by atoms with Crippen molar-refractivity contribution in [1.82, 2.24) is 9.55 Å². The van der Waals surface area contributed by atoms with Crippen molar-refractivity contribution in [3.8, 4) is 11.5 Å². The summed E-state index contributed by atoms with van der Waals surface area (Å²) in [5, 5.41) is 2.29. The van der Waals surface area contributed by atoms with E-state index in [9.17, 15) is 9.59 Å². The Labute approximate surface area is 150 Å². The summed E-state index contributed by atoms with van der Waals surface area (Å²) in [6.45, 7) is 0.512. The number of amides is 1. The molecule has 4 rings (SSSR count). The Morgan fingerprint density at radius 3 is 3.00 bits per heavy atom. The molecular formula is C16H13N3O4S2. The van der Waals surface area contributed by atoms with Crippen LogP contribution in [0.2, 0.25) is 0 Å². The van der Waals surface area contributed by atoms with E-state index in [1.54, 1.807) is 10.6 Å². The molecule has 3 heterocycles. The number of fused-ring (bicyclic) bond motifs is 2. The van der Waals surface area contributed by atoms with Crippen molar-refractivity contribution < 1.29 is 14.3 Å². The van der Waals surface area contributed by atoms with Gasteiger partial charge in [0.2, 0.25) is 12.7 Å². The Hall–Kier alpha value is -2.52. The fraction of sp³-hybridized carbons (Fsp3) is 0.188. The van der Waals surface area contributed by atoms with Gasteiger partial charge in [-0.2, -0.15) is 0 Å². The number of hydrogen-bond donors (Lipinski definition) is 1. The molecule has 128 valence electrons. The largest absolute Gasteiger partial charge is 0.454 e. The predicted molar refractivity (Wildman–Crippen MR) is 95.5 cm³/mol. The topological polar surface area (TPSA) is 96.4 Å². The van der Waals surface area contributed by atoms with Crippen LogP contribution in [0.4, 0.5) is 0 Å². The molecule has 1 aliphatic rings. The number of thioether (sulfide) groups is 1. The molecular weight excluding hydrogens is 362 g/mol. The lowest BCUT2D eigenvalue weighted by atomic mass is 10.2. The molecule has 3 aromatic rings. The van der Waals surface area contributed by atoms with Gasteiger partial charge in [-0.25, -0.2) is 4.98 Å². The van der Waals surface area contributed by atoms with Gasteiger partial charge in [0.1, 0.15) is 4.70 Å². The first-order valence-electron chi connectivity index (χ1n) is 7.39. The average Bonchev–Trinajstić information content (AvgIpc) is 3.24. The Bertz CT molecular complexity index is 1030. The molecule has 1 aromatic carbocycles. The number of hydrogen-bond acceptors (Lipinski definition) is 7. The monoisotopic (exact) mass is 375 g/mol. The van der Waals surface area contributed by atoms with Crippen molar-refractivity contribution in [3.05, 3.63) is 45.6 Å². The molecule has 0 bridgehead atoms. The third-order valence-corrected chi connectivity index (χ3v) is 5.54. The molecule has 0 saturated carbocycles. The first-order valence-corrected chi connectivity index (χ1v) is 9.26. The van der Waals surface area contributed by atoms with Crippen LogP contribution in [-0.2, 0) is 11.3 Å². The van der Waals surface area contributed by atoms with Gasteiger partial charge in [0.25, 0.3) is 5.56 Å². The minimum Gasteiger partial charge on any atom is -0.454 e. The molecule has 2 aromatic heterocycles. The van der Waals surface area contributed by atoms with E-state index in [-0.39, 0.29) is 18.1 Å². The Kier molecular flexibility index (Phi) is 4.10. The molecule has 1 aliphatic heterocycles. The van der Waals surface area contributed by atoms with E-state index in [2.05, 4.69) is 4.98 Å². The van der Waals surface area contributed by atoms with Crippen LogP contribution in [0.5, 0.6) is 11.5 Å². The van der Waals surface area contributed by atoms with Crippen LogP contribution in [0.15, 0.2) is 39.6 Å². The molecule has 0 radical (unpaired) electrons. The normalized spacial score (nSPS) is 12.6. The van der Waals surface area contributed by atoms with Gasteiger partial charge >= 0.3 is 0 Å². The molecule has 25 heavy (non-hydrogen) atoms. The van der Waals surface area contributed by atoms with Crippen LogP contribution in [0.25, 0.3) is 10.2 Å². The van der Waals surface area contributed by atoms with E-state index >= 15 is 0 Å². The summed E-state index contributed by atoms with van der Waals surface area (Å²) in [5.74, 6) is 0.941. The summed E-state index contributed by atoms with van der Waals surface area (Å²) in [7, 11) is 0. The lowest BCUT2D eigenvalue weighted by Gasteiger charge is -2.12. The maximum Gasteiger partial charge on any atom is 0.272 e. The van der Waals surface area contributed by atoms with Crippen molar-refractivity contribution in [1.29, 1.82) is 0 Å². The van der Waals surface area contributed by atoms with Gasteiger partial charge in [0.15, 0.2) is 16.7 Å². The highest BCUT2D eigenvalue weighted by molar-refractivity contribution is 7.99. The van der Waals surface area contributed by atoms with E-state index < -0.39 is 5.91 Å². The number of primary amides is 1. The number of carbonyl (C=O) groups is 1. The molecule has 0 fully saturated rings. The quantitative estimate of drug-likeness (QED) is 0.540. The minimum atomic E-state index is -0.459. The van der Waals surface area contributed by atoms with Gasteiger partial charge in [-0.05, 0) is 29.1 Å². The van der Waals surface area contributed by atoms with Crippen molar-refractivity contribution in [2.24, 2.45) is 5.73 Å². The van der Waals surface area contributed by atoms with E-state index in [0.29, 0.717) is 33.4 Å². The third kappa shape index (κ3) is 3.08. The first kappa shape index (κ1) is 16.0. The smallest absolute Gasteiger partial charge is 0.272 e. The van der Waals surface area contributed by atoms with E-state index in [1.807, 2.05) is 23.6 Å². The molecule has 1 amide bonds. The molecule has 0 atom stereocenters. The van der Waals surface area contributed by atoms with Crippen LogP contribution < -0.4 is 20.8 Å². The predicted octanol–water partition coefficient (Wildman–Crippen LogP) is 1.81. The highest BCUT2D eigenvalue weighted by atomic mass is 32.2. The summed E-state index contributed by atoms with van der Waals surface area (Å²) in [5.41, 5.74) is 6.61. The van der Waals surface area contributed by atoms with Crippen molar-refractivity contribution in [2.45, 2.75) is 11.7 Å². The number of nitrogens with zero attached hydrogens (tertiary/aromatic N) is 2. The van der Waals surface area contributed by atoms with Gasteiger partial charge in [-0.15, -0.1) is 11.3 Å². The van der Waals surface area contributed by atoms with Gasteiger partial charge in [-0.3, -0.25) is 14.2 Å². The minimum absolute atomic E-state index is 0.0588. The van der Waals surface area contributed by atoms with E-state index in [4.69, 9.17) is 15.2 Å². The highest BCUT2D eigenvalue weighted by Crippen LogP contribution is 2.33. The molecule has 2 N–H and O–H groups in total. The van der Waals surface area contributed by atoms with E-state index in [1.165, 1.54) is 11.3 Å². The van der Waals surface area contributed by atoms with Crippen LogP contribution >= 0.6 is 23.1 Å². The van der Waals surface area contributed by atoms with Gasteiger partial charge in [0.05, 0.1) is 17.8 Å². The fourth-order valence-corrected chi connectivity index (χ4v) is 4.05. The van der Waals surface area contributed by atoms with Crippen LogP contribution in [0.1, 0.15) is 5.56 Å². The zero-order chi connectivity index (χ0) is 17.4. The lowest BCUT2D eigenvalue weighted by Crippen LogP contribution is -2.24. The van der Waals surface area contributed by atoms with Crippen LogP contribution in [-0.4, -0.2) is 28.0 Å². The summed E-state index contributed by atoms with van der Waals surface area (Å²) in [6, 6.07) is 7.33. The Morgan fingerprint density at radius 1 is 1.32 bits per heavy atom. The first-order chi connectivity index (χ1) is 12.1. The highest BCUT2D eigenvalue weighted by Gasteiger charge is 2.17. The maximum absolute atomic E-state index is 12.8. The Morgan fingerprint density at radius 2 is 2.16 bits per heavy atom.